The summed E-state index contributed by atoms with van der Waals surface area (Å²) in [5.41, 5.74) is 0.688. The van der Waals surface area contributed by atoms with E-state index in [0.29, 0.717) is 16.9 Å². The van der Waals surface area contributed by atoms with Gasteiger partial charge in [0, 0.05) is 11.4 Å². The zero-order chi connectivity index (χ0) is 21.4. The van der Waals surface area contributed by atoms with Gasteiger partial charge in [0.1, 0.15) is 5.60 Å². The van der Waals surface area contributed by atoms with E-state index in [9.17, 15) is 14.4 Å². The number of carbonyl (C=O) groups is 3. The Morgan fingerprint density at radius 3 is 2.31 bits per heavy atom. The minimum absolute atomic E-state index is 0.165. The normalized spacial score (nSPS) is 10.4. The fourth-order valence-corrected chi connectivity index (χ4v) is 2.22. The highest BCUT2D eigenvalue weighted by atomic mass is 16.6. The molecular weight excluding hydrogens is 374 g/mol. The van der Waals surface area contributed by atoms with Gasteiger partial charge in [0.25, 0.3) is 5.91 Å². The summed E-state index contributed by atoms with van der Waals surface area (Å²) >= 11 is 0. The van der Waals surface area contributed by atoms with Gasteiger partial charge in [0.2, 0.25) is 0 Å². The fourth-order valence-electron chi connectivity index (χ4n) is 2.22. The quantitative estimate of drug-likeness (QED) is 0.746. The second-order valence-electron chi connectivity index (χ2n) is 7.02. The number of benzene rings is 2. The van der Waals surface area contributed by atoms with Crippen LogP contribution in [0.3, 0.4) is 0 Å². The Labute approximate surface area is 168 Å². The lowest BCUT2D eigenvalue weighted by Crippen LogP contribution is -2.27. The molecule has 8 nitrogen and oxygen atoms in total. The Hall–Kier alpha value is -3.86. The molecule has 2 rings (SSSR count). The maximum Gasteiger partial charge on any atom is 0.412 e. The summed E-state index contributed by atoms with van der Waals surface area (Å²) in [4.78, 5) is 35.9. The molecule has 2 amide bonds. The van der Waals surface area contributed by atoms with Crippen molar-refractivity contribution in [2.24, 2.45) is 0 Å². The minimum atomic E-state index is -0.723. The molecule has 2 aromatic carbocycles. The minimum Gasteiger partial charge on any atom is -0.452 e. The van der Waals surface area contributed by atoms with Gasteiger partial charge in [-0.3, -0.25) is 10.1 Å². The van der Waals surface area contributed by atoms with E-state index in [0.717, 1.165) is 0 Å². The summed E-state index contributed by atoms with van der Waals surface area (Å²) < 4.78 is 10.2. The van der Waals surface area contributed by atoms with Crippen LogP contribution in [0, 0.1) is 11.3 Å². The van der Waals surface area contributed by atoms with Crippen molar-refractivity contribution in [2.45, 2.75) is 26.4 Å². The predicted molar refractivity (Wildman–Crippen MR) is 106 cm³/mol. The van der Waals surface area contributed by atoms with Crippen molar-refractivity contribution in [1.29, 1.82) is 5.26 Å². The lowest BCUT2D eigenvalue weighted by molar-refractivity contribution is -0.119. The highest BCUT2D eigenvalue weighted by molar-refractivity contribution is 5.96. The van der Waals surface area contributed by atoms with Crippen molar-refractivity contribution in [1.82, 2.24) is 0 Å². The smallest absolute Gasteiger partial charge is 0.412 e. The molecular formula is C21H21N3O5. The summed E-state index contributed by atoms with van der Waals surface area (Å²) in [6.45, 7) is 4.71. The highest BCUT2D eigenvalue weighted by Crippen LogP contribution is 2.15. The van der Waals surface area contributed by atoms with Gasteiger partial charge in [-0.2, -0.15) is 5.26 Å². The summed E-state index contributed by atoms with van der Waals surface area (Å²) in [5.74, 6) is -1.27. The fraction of sp³-hybridized carbons (Fsp3) is 0.238. The van der Waals surface area contributed by atoms with Gasteiger partial charge < -0.3 is 14.8 Å². The van der Waals surface area contributed by atoms with Crippen LogP contribution < -0.4 is 10.6 Å². The molecule has 0 radical (unpaired) electrons. The average Bonchev–Trinajstić information content (AvgIpc) is 2.65. The number of esters is 1. The number of nitrogens with zero attached hydrogens (tertiary/aromatic N) is 1. The number of amides is 2. The van der Waals surface area contributed by atoms with Crippen LogP contribution >= 0.6 is 0 Å². The molecule has 0 aliphatic carbocycles. The largest absolute Gasteiger partial charge is 0.452 e. The second kappa shape index (κ2) is 9.37. The van der Waals surface area contributed by atoms with E-state index in [1.165, 1.54) is 18.2 Å². The predicted octanol–water partition coefficient (Wildman–Crippen LogP) is 3.70. The van der Waals surface area contributed by atoms with Crippen LogP contribution in [-0.4, -0.2) is 30.2 Å². The standard InChI is InChI=1S/C21H21N3O5/c1-21(2,3)29-20(27)24-17-9-5-7-15(11-17)19(26)28-13-18(25)23-16-8-4-6-14(10-16)12-22/h4-11H,13H2,1-3H3,(H,23,25)(H,24,27). The number of nitrogens with one attached hydrogen (secondary N) is 2. The van der Waals surface area contributed by atoms with E-state index in [-0.39, 0.29) is 5.56 Å². The summed E-state index contributed by atoms with van der Waals surface area (Å²) in [5, 5.41) is 13.9. The topological polar surface area (TPSA) is 118 Å². The molecule has 2 aromatic rings. The Kier molecular flexibility index (Phi) is 6.93. The zero-order valence-electron chi connectivity index (χ0n) is 16.3. The number of nitriles is 1. The Balaban J connectivity index is 1.91. The Bertz CT molecular complexity index is 957. The number of ether oxygens (including phenoxy) is 2. The Morgan fingerprint density at radius 1 is 1.00 bits per heavy atom. The van der Waals surface area contributed by atoms with E-state index in [4.69, 9.17) is 14.7 Å². The van der Waals surface area contributed by atoms with E-state index in [1.807, 2.05) is 6.07 Å². The van der Waals surface area contributed by atoms with Crippen molar-refractivity contribution < 1.29 is 23.9 Å². The van der Waals surface area contributed by atoms with Crippen LogP contribution in [0.15, 0.2) is 48.5 Å². The number of carbonyl (C=O) groups excluding carboxylic acids is 3. The molecule has 0 saturated heterocycles. The number of hydrogen-bond donors (Lipinski definition) is 2. The van der Waals surface area contributed by atoms with Crippen LogP contribution in [0.4, 0.5) is 16.2 Å². The summed E-state index contributed by atoms with van der Waals surface area (Å²) in [6, 6.07) is 14.4. The molecule has 0 saturated carbocycles. The maximum absolute atomic E-state index is 12.2. The van der Waals surface area contributed by atoms with E-state index in [2.05, 4.69) is 10.6 Å². The molecule has 2 N–H and O–H groups in total. The van der Waals surface area contributed by atoms with Gasteiger partial charge in [0.05, 0.1) is 17.2 Å². The van der Waals surface area contributed by atoms with Crippen molar-refractivity contribution >= 4 is 29.3 Å². The molecule has 8 heteroatoms. The SMILES string of the molecule is CC(C)(C)OC(=O)Nc1cccc(C(=O)OCC(=O)Nc2cccc(C#N)c2)c1. The van der Waals surface area contributed by atoms with E-state index in [1.54, 1.807) is 51.1 Å². The van der Waals surface area contributed by atoms with Crippen LogP contribution in [0.1, 0.15) is 36.7 Å². The van der Waals surface area contributed by atoms with E-state index >= 15 is 0 Å². The molecule has 0 unspecified atom stereocenters. The molecule has 150 valence electrons. The van der Waals surface area contributed by atoms with Crippen LogP contribution in [0.5, 0.6) is 0 Å². The van der Waals surface area contributed by atoms with Crippen LogP contribution in [0.2, 0.25) is 0 Å². The van der Waals surface area contributed by atoms with Crippen LogP contribution in [0.25, 0.3) is 0 Å². The Morgan fingerprint density at radius 2 is 1.66 bits per heavy atom. The van der Waals surface area contributed by atoms with Gasteiger partial charge in [-0.05, 0) is 57.2 Å². The van der Waals surface area contributed by atoms with Crippen LogP contribution in [-0.2, 0) is 14.3 Å². The third kappa shape index (κ3) is 7.34. The lowest BCUT2D eigenvalue weighted by Gasteiger charge is -2.19. The maximum atomic E-state index is 12.2. The third-order valence-corrected chi connectivity index (χ3v) is 3.35. The van der Waals surface area contributed by atoms with Crippen molar-refractivity contribution in [3.63, 3.8) is 0 Å². The van der Waals surface area contributed by atoms with Gasteiger partial charge in [-0.1, -0.05) is 12.1 Å². The average molecular weight is 395 g/mol. The molecule has 0 fully saturated rings. The van der Waals surface area contributed by atoms with Crippen molar-refractivity contribution in [2.75, 3.05) is 17.2 Å². The molecule has 0 heterocycles. The van der Waals surface area contributed by atoms with Gasteiger partial charge in [-0.15, -0.1) is 0 Å². The highest BCUT2D eigenvalue weighted by Gasteiger charge is 2.17. The number of anilines is 2. The summed E-state index contributed by atoms with van der Waals surface area (Å²) in [7, 11) is 0. The van der Waals surface area contributed by atoms with Gasteiger partial charge in [-0.25, -0.2) is 9.59 Å². The number of hydrogen-bond acceptors (Lipinski definition) is 6. The number of rotatable bonds is 5. The molecule has 0 atom stereocenters. The lowest BCUT2D eigenvalue weighted by atomic mass is 10.2. The monoisotopic (exact) mass is 395 g/mol. The van der Waals surface area contributed by atoms with Crippen molar-refractivity contribution in [3.8, 4) is 6.07 Å². The van der Waals surface area contributed by atoms with E-state index < -0.39 is 30.2 Å². The van der Waals surface area contributed by atoms with Gasteiger partial charge >= 0.3 is 12.1 Å². The molecule has 0 aliphatic heterocycles. The zero-order valence-corrected chi connectivity index (χ0v) is 16.3. The summed E-state index contributed by atoms with van der Waals surface area (Å²) in [6.07, 6.45) is -0.651. The molecule has 0 aliphatic rings. The van der Waals surface area contributed by atoms with Gasteiger partial charge in [0.15, 0.2) is 6.61 Å². The first-order valence-electron chi connectivity index (χ1n) is 8.73. The first-order valence-corrected chi connectivity index (χ1v) is 8.73. The molecule has 0 spiro atoms. The molecule has 0 bridgehead atoms. The first kappa shape index (κ1) is 21.4. The second-order valence-corrected chi connectivity index (χ2v) is 7.02. The van der Waals surface area contributed by atoms with Crippen molar-refractivity contribution in [3.05, 3.63) is 59.7 Å². The first-order chi connectivity index (χ1) is 13.7. The molecule has 0 aromatic heterocycles. The molecule has 29 heavy (non-hydrogen) atoms. The third-order valence-electron chi connectivity index (χ3n) is 3.35.